The van der Waals surface area contributed by atoms with Crippen molar-refractivity contribution in [1.82, 2.24) is 15.3 Å². The maximum Gasteiger partial charge on any atom is 0.396 e. The molecule has 1 N–H and O–H groups in total. The Labute approximate surface area is 78.4 Å². The molecule has 0 aliphatic carbocycles. The van der Waals surface area contributed by atoms with Crippen molar-refractivity contribution in [2.45, 2.75) is 25.7 Å². The average molecular weight is 203 g/mol. The van der Waals surface area contributed by atoms with Crippen molar-refractivity contribution in [3.8, 4) is 0 Å². The van der Waals surface area contributed by atoms with Gasteiger partial charge in [-0.1, -0.05) is 0 Å². The highest BCUT2D eigenvalue weighted by Gasteiger charge is 2.29. The van der Waals surface area contributed by atoms with Crippen molar-refractivity contribution in [2.24, 2.45) is 0 Å². The summed E-state index contributed by atoms with van der Waals surface area (Å²) in [5, 5.41) is 2.99. The normalized spacial score (nSPS) is 15.6. The molecule has 0 bridgehead atoms. The molecular weight excluding hydrogens is 195 g/mol. The van der Waals surface area contributed by atoms with E-state index < -0.39 is 12.6 Å². The summed E-state index contributed by atoms with van der Waals surface area (Å²) >= 11 is 0. The zero-order valence-electron chi connectivity index (χ0n) is 7.23. The smallest absolute Gasteiger partial charge is 0.307 e. The minimum atomic E-state index is -4.24. The number of aromatic nitrogens is 2. The van der Waals surface area contributed by atoms with Gasteiger partial charge in [-0.3, -0.25) is 0 Å². The van der Waals surface area contributed by atoms with Gasteiger partial charge >= 0.3 is 6.18 Å². The van der Waals surface area contributed by atoms with Crippen LogP contribution in [-0.2, 0) is 19.5 Å². The first-order valence-corrected chi connectivity index (χ1v) is 4.16. The average Bonchev–Trinajstić information content (AvgIpc) is 2.47. The second kappa shape index (κ2) is 3.20. The number of hydrogen-bond donors (Lipinski definition) is 1. The van der Waals surface area contributed by atoms with Gasteiger partial charge in [-0.15, -0.1) is 0 Å². The second-order valence-corrected chi connectivity index (χ2v) is 3.15. The van der Waals surface area contributed by atoms with Gasteiger partial charge in [0.05, 0.1) is 5.69 Å². The number of rotatable bonds is 1. The maximum atomic E-state index is 12.0. The molecule has 0 spiro atoms. The summed E-state index contributed by atoms with van der Waals surface area (Å²) in [5.41, 5.74) is 1.56. The van der Waals surface area contributed by atoms with Gasteiger partial charge in [0.2, 0.25) is 0 Å². The number of halogens is 3. The predicted octanol–water partition coefficient (Wildman–Crippen LogP) is 1.18. The zero-order valence-corrected chi connectivity index (χ0v) is 7.23. The molecule has 14 heavy (non-hydrogen) atoms. The molecule has 2 heterocycles. The molecule has 0 unspecified atom stereocenters. The Morgan fingerprint density at radius 3 is 2.86 bits per heavy atom. The topological polar surface area (TPSA) is 37.8 Å². The summed E-state index contributed by atoms with van der Waals surface area (Å²) in [6, 6.07) is 0. The molecule has 0 aromatic carbocycles. The summed E-state index contributed by atoms with van der Waals surface area (Å²) in [4.78, 5) is 7.51. The molecule has 6 heteroatoms. The van der Waals surface area contributed by atoms with Crippen LogP contribution in [0.1, 0.15) is 17.1 Å². The number of nitrogens with zero attached hydrogens (tertiary/aromatic N) is 2. The molecule has 1 aromatic heterocycles. The van der Waals surface area contributed by atoms with E-state index >= 15 is 0 Å². The van der Waals surface area contributed by atoms with Crippen LogP contribution in [-0.4, -0.2) is 16.1 Å². The Balaban J connectivity index is 2.21. The van der Waals surface area contributed by atoms with Crippen LogP contribution in [0.2, 0.25) is 0 Å². The van der Waals surface area contributed by atoms with Crippen LogP contribution in [0.15, 0.2) is 6.20 Å². The summed E-state index contributed by atoms with van der Waals surface area (Å²) in [6.45, 7) is 1.17. The summed E-state index contributed by atoms with van der Waals surface area (Å²) in [5.74, 6) is -0.153. The van der Waals surface area contributed by atoms with Gasteiger partial charge in [-0.2, -0.15) is 13.2 Å². The SMILES string of the molecule is FC(F)(F)Cc1ncc2c(n1)CNC2. The van der Waals surface area contributed by atoms with E-state index in [4.69, 9.17) is 0 Å². The molecule has 1 aromatic rings. The van der Waals surface area contributed by atoms with Crippen molar-refractivity contribution in [2.75, 3.05) is 0 Å². The molecule has 1 aliphatic heterocycles. The van der Waals surface area contributed by atoms with Gasteiger partial charge in [0.15, 0.2) is 0 Å². The minimum absolute atomic E-state index is 0.153. The lowest BCUT2D eigenvalue weighted by atomic mass is 10.2. The van der Waals surface area contributed by atoms with E-state index in [1.54, 1.807) is 0 Å². The van der Waals surface area contributed by atoms with Gasteiger partial charge in [0.1, 0.15) is 12.2 Å². The highest BCUT2D eigenvalue weighted by Crippen LogP contribution is 2.20. The first-order chi connectivity index (χ1) is 6.54. The maximum absolute atomic E-state index is 12.0. The number of alkyl halides is 3. The van der Waals surface area contributed by atoms with Gasteiger partial charge in [0.25, 0.3) is 0 Å². The lowest BCUT2D eigenvalue weighted by molar-refractivity contribution is -0.128. The molecule has 2 rings (SSSR count). The highest BCUT2D eigenvalue weighted by molar-refractivity contribution is 5.21. The Morgan fingerprint density at radius 1 is 1.36 bits per heavy atom. The van der Waals surface area contributed by atoms with Crippen LogP contribution in [0.4, 0.5) is 13.2 Å². The Hall–Kier alpha value is -1.17. The monoisotopic (exact) mass is 203 g/mol. The van der Waals surface area contributed by atoms with Crippen LogP contribution < -0.4 is 5.32 Å². The zero-order chi connectivity index (χ0) is 10.2. The molecule has 0 saturated carbocycles. The third-order valence-electron chi connectivity index (χ3n) is 1.97. The molecule has 1 aliphatic rings. The minimum Gasteiger partial charge on any atom is -0.307 e. The second-order valence-electron chi connectivity index (χ2n) is 3.15. The van der Waals surface area contributed by atoms with Crippen LogP contribution in [0, 0.1) is 0 Å². The summed E-state index contributed by atoms with van der Waals surface area (Å²) in [7, 11) is 0. The van der Waals surface area contributed by atoms with Gasteiger partial charge in [-0.25, -0.2) is 9.97 Å². The summed E-state index contributed by atoms with van der Waals surface area (Å²) < 4.78 is 36.0. The van der Waals surface area contributed by atoms with Crippen molar-refractivity contribution in [3.05, 3.63) is 23.3 Å². The first-order valence-electron chi connectivity index (χ1n) is 4.16. The number of fused-ring (bicyclic) bond motifs is 1. The lowest BCUT2D eigenvalue weighted by Gasteiger charge is -2.05. The van der Waals surface area contributed by atoms with Crippen molar-refractivity contribution in [1.29, 1.82) is 0 Å². The Bertz CT molecular complexity index is 348. The van der Waals surface area contributed by atoms with Crippen molar-refractivity contribution < 1.29 is 13.2 Å². The molecule has 0 atom stereocenters. The van der Waals surface area contributed by atoms with Crippen LogP contribution in [0.3, 0.4) is 0 Å². The fourth-order valence-corrected chi connectivity index (χ4v) is 1.36. The van der Waals surface area contributed by atoms with E-state index in [0.717, 1.165) is 5.56 Å². The summed E-state index contributed by atoms with van der Waals surface area (Å²) in [6.07, 6.45) is -3.83. The van der Waals surface area contributed by atoms with E-state index in [9.17, 15) is 13.2 Å². The van der Waals surface area contributed by atoms with E-state index in [1.807, 2.05) is 0 Å². The van der Waals surface area contributed by atoms with E-state index in [-0.39, 0.29) is 5.82 Å². The van der Waals surface area contributed by atoms with Gasteiger partial charge in [0, 0.05) is 24.8 Å². The van der Waals surface area contributed by atoms with E-state index in [2.05, 4.69) is 15.3 Å². The van der Waals surface area contributed by atoms with Gasteiger partial charge < -0.3 is 5.32 Å². The van der Waals surface area contributed by atoms with E-state index in [1.165, 1.54) is 6.20 Å². The van der Waals surface area contributed by atoms with E-state index in [0.29, 0.717) is 18.8 Å². The molecule has 3 nitrogen and oxygen atoms in total. The Morgan fingerprint density at radius 2 is 2.14 bits per heavy atom. The number of hydrogen-bond acceptors (Lipinski definition) is 3. The fourth-order valence-electron chi connectivity index (χ4n) is 1.36. The highest BCUT2D eigenvalue weighted by atomic mass is 19.4. The number of nitrogens with one attached hydrogen (secondary N) is 1. The van der Waals surface area contributed by atoms with Crippen LogP contribution in [0.25, 0.3) is 0 Å². The third-order valence-corrected chi connectivity index (χ3v) is 1.97. The fraction of sp³-hybridized carbons (Fsp3) is 0.500. The molecule has 0 saturated heterocycles. The standard InChI is InChI=1S/C8H8F3N3/c9-8(10,11)1-7-13-3-5-2-12-4-6(5)14-7/h3,12H,1-2,4H2. The third kappa shape index (κ3) is 2.01. The van der Waals surface area contributed by atoms with Crippen molar-refractivity contribution >= 4 is 0 Å². The van der Waals surface area contributed by atoms with Crippen LogP contribution in [0.5, 0.6) is 0 Å². The predicted molar refractivity (Wildman–Crippen MR) is 42.3 cm³/mol. The molecular formula is C8H8F3N3. The lowest BCUT2D eigenvalue weighted by Crippen LogP contribution is -2.14. The van der Waals surface area contributed by atoms with Crippen LogP contribution >= 0.6 is 0 Å². The molecule has 0 radical (unpaired) electrons. The van der Waals surface area contributed by atoms with Gasteiger partial charge in [-0.05, 0) is 0 Å². The Kier molecular flexibility index (Phi) is 2.14. The molecule has 76 valence electrons. The quantitative estimate of drug-likeness (QED) is 0.744. The first kappa shape index (κ1) is 9.39. The molecule has 0 fully saturated rings. The largest absolute Gasteiger partial charge is 0.396 e. The molecule has 0 amide bonds. The van der Waals surface area contributed by atoms with Crippen molar-refractivity contribution in [3.63, 3.8) is 0 Å².